The lowest BCUT2D eigenvalue weighted by molar-refractivity contribution is 0.357. The first-order valence-electron chi connectivity index (χ1n) is 10.0. The monoisotopic (exact) mass is 413 g/mol. The van der Waals surface area contributed by atoms with Gasteiger partial charge in [-0.25, -0.2) is 0 Å². The number of fused-ring (bicyclic) bond motifs is 1. The van der Waals surface area contributed by atoms with E-state index in [-0.39, 0.29) is 0 Å². The van der Waals surface area contributed by atoms with Crippen LogP contribution in [-0.2, 0) is 23.2 Å². The number of nitrogens with one attached hydrogen (secondary N) is 1. The third-order valence-corrected chi connectivity index (χ3v) is 7.52. The van der Waals surface area contributed by atoms with Gasteiger partial charge in [-0.2, -0.15) is 17.0 Å². The van der Waals surface area contributed by atoms with E-state index >= 15 is 0 Å². The van der Waals surface area contributed by atoms with Gasteiger partial charge in [-0.1, -0.05) is 30.3 Å². The fourth-order valence-corrected chi connectivity index (χ4v) is 5.56. The van der Waals surface area contributed by atoms with E-state index in [1.54, 1.807) is 15.7 Å². The van der Waals surface area contributed by atoms with Gasteiger partial charge in [0.25, 0.3) is 10.2 Å². The van der Waals surface area contributed by atoms with E-state index < -0.39 is 10.2 Å². The average molecular weight is 414 g/mol. The highest BCUT2D eigenvalue weighted by Crippen LogP contribution is 2.23. The third-order valence-electron chi connectivity index (χ3n) is 5.54. The lowest BCUT2D eigenvalue weighted by atomic mass is 10.1. The number of benzene rings is 2. The Kier molecular flexibility index (Phi) is 5.89. The second-order valence-electron chi connectivity index (χ2n) is 7.41. The van der Waals surface area contributed by atoms with Gasteiger partial charge in [0, 0.05) is 43.3 Å². The van der Waals surface area contributed by atoms with E-state index in [0.717, 1.165) is 40.6 Å². The highest BCUT2D eigenvalue weighted by atomic mass is 32.2. The summed E-state index contributed by atoms with van der Waals surface area (Å²) in [6.07, 6.45) is 4.50. The molecule has 0 unspecified atom stereocenters. The second-order valence-corrected chi connectivity index (χ2v) is 9.33. The molecule has 7 heteroatoms. The Morgan fingerprint density at radius 3 is 2.52 bits per heavy atom. The number of aromatic amines is 1. The number of para-hydroxylation sites is 1. The molecule has 3 aromatic rings. The van der Waals surface area contributed by atoms with E-state index in [2.05, 4.69) is 11.1 Å². The number of H-pyrrole nitrogens is 1. The molecule has 6 nitrogen and oxygen atoms in total. The number of rotatable bonds is 8. The highest BCUT2D eigenvalue weighted by Gasteiger charge is 2.31. The number of methoxy groups -OCH3 is 1. The van der Waals surface area contributed by atoms with Crippen molar-refractivity contribution in [2.24, 2.45) is 0 Å². The maximum Gasteiger partial charge on any atom is 0.282 e. The fourth-order valence-electron chi connectivity index (χ4n) is 3.88. The van der Waals surface area contributed by atoms with Crippen molar-refractivity contribution < 1.29 is 13.2 Å². The summed E-state index contributed by atoms with van der Waals surface area (Å²) in [5, 5.41) is 1.15. The van der Waals surface area contributed by atoms with Crippen LogP contribution in [0.3, 0.4) is 0 Å². The molecule has 2 heterocycles. The van der Waals surface area contributed by atoms with Crippen LogP contribution in [0.25, 0.3) is 10.9 Å². The van der Waals surface area contributed by atoms with Crippen molar-refractivity contribution in [2.45, 2.75) is 25.8 Å². The average Bonchev–Trinajstić information content (AvgIpc) is 3.42. The van der Waals surface area contributed by atoms with Crippen LogP contribution < -0.4 is 4.74 Å². The molecule has 2 aromatic carbocycles. The third kappa shape index (κ3) is 4.32. The lowest BCUT2D eigenvalue weighted by Gasteiger charge is -2.27. The normalized spacial score (nSPS) is 15.4. The smallest absolute Gasteiger partial charge is 0.282 e. The molecule has 1 aliphatic rings. The Bertz CT molecular complexity index is 1050. The Labute approximate surface area is 172 Å². The summed E-state index contributed by atoms with van der Waals surface area (Å²) in [7, 11) is -1.87. The minimum absolute atomic E-state index is 0.352. The summed E-state index contributed by atoms with van der Waals surface area (Å²) >= 11 is 0. The van der Waals surface area contributed by atoms with E-state index in [0.29, 0.717) is 32.6 Å². The van der Waals surface area contributed by atoms with Crippen molar-refractivity contribution >= 4 is 21.1 Å². The SMILES string of the molecule is COc1ccc(CN(CCc2c[nH]c3ccccc23)S(=O)(=O)N2CCCC2)cc1. The molecule has 0 atom stereocenters. The summed E-state index contributed by atoms with van der Waals surface area (Å²) in [4.78, 5) is 3.28. The molecule has 1 aliphatic heterocycles. The van der Waals surface area contributed by atoms with Gasteiger partial charge >= 0.3 is 0 Å². The molecule has 4 rings (SSSR count). The molecule has 0 amide bonds. The van der Waals surface area contributed by atoms with Crippen molar-refractivity contribution in [2.75, 3.05) is 26.7 Å². The van der Waals surface area contributed by atoms with Gasteiger partial charge in [0.15, 0.2) is 0 Å². The molecule has 0 saturated carbocycles. The van der Waals surface area contributed by atoms with E-state index in [1.807, 2.05) is 48.7 Å². The fraction of sp³-hybridized carbons (Fsp3) is 0.364. The maximum absolute atomic E-state index is 13.3. The standard InChI is InChI=1S/C22H27N3O3S/c1-28-20-10-8-18(9-11-20)17-25(29(26,27)24-13-4-5-14-24)15-12-19-16-23-22-7-3-2-6-21(19)22/h2-3,6-11,16,23H,4-5,12-15,17H2,1H3. The molecule has 0 spiro atoms. The summed E-state index contributed by atoms with van der Waals surface area (Å²) in [6.45, 7) is 2.00. The van der Waals surface area contributed by atoms with Crippen molar-refractivity contribution in [3.63, 3.8) is 0 Å². The van der Waals surface area contributed by atoms with Crippen LogP contribution in [0.15, 0.2) is 54.7 Å². The quantitative estimate of drug-likeness (QED) is 0.614. The van der Waals surface area contributed by atoms with Gasteiger partial charge in [0.2, 0.25) is 0 Å². The largest absolute Gasteiger partial charge is 0.497 e. The van der Waals surface area contributed by atoms with Crippen LogP contribution in [0.4, 0.5) is 0 Å². The number of ether oxygens (including phenoxy) is 1. The molecule has 154 valence electrons. The topological polar surface area (TPSA) is 65.6 Å². The Hall–Kier alpha value is -2.35. The summed E-state index contributed by atoms with van der Waals surface area (Å²) in [5.41, 5.74) is 3.16. The van der Waals surface area contributed by atoms with Gasteiger partial charge in [0.05, 0.1) is 7.11 Å². The van der Waals surface area contributed by atoms with Crippen LogP contribution in [0.5, 0.6) is 5.75 Å². The van der Waals surface area contributed by atoms with Gasteiger partial charge < -0.3 is 9.72 Å². The van der Waals surface area contributed by atoms with Gasteiger partial charge in [-0.15, -0.1) is 0 Å². The lowest BCUT2D eigenvalue weighted by Crippen LogP contribution is -2.43. The van der Waals surface area contributed by atoms with E-state index in [1.165, 1.54) is 0 Å². The first-order valence-corrected chi connectivity index (χ1v) is 11.4. The minimum Gasteiger partial charge on any atom is -0.497 e. The Morgan fingerprint density at radius 1 is 1.07 bits per heavy atom. The number of hydrogen-bond donors (Lipinski definition) is 1. The van der Waals surface area contributed by atoms with Gasteiger partial charge in [-0.05, 0) is 48.6 Å². The number of hydrogen-bond acceptors (Lipinski definition) is 3. The molecular weight excluding hydrogens is 386 g/mol. The number of nitrogens with zero attached hydrogens (tertiary/aromatic N) is 2. The molecule has 1 N–H and O–H groups in total. The second kappa shape index (κ2) is 8.57. The molecular formula is C22H27N3O3S. The first-order chi connectivity index (χ1) is 14.1. The maximum atomic E-state index is 13.3. The predicted molar refractivity (Wildman–Crippen MR) is 115 cm³/mol. The summed E-state index contributed by atoms with van der Waals surface area (Å²) < 4.78 is 35.1. The predicted octanol–water partition coefficient (Wildman–Crippen LogP) is 3.56. The molecule has 0 aliphatic carbocycles. The first kappa shape index (κ1) is 19.9. The number of aromatic nitrogens is 1. The zero-order chi connectivity index (χ0) is 20.3. The van der Waals surface area contributed by atoms with Crippen LogP contribution in [-0.4, -0.2) is 48.8 Å². The zero-order valence-electron chi connectivity index (χ0n) is 16.7. The summed E-state index contributed by atoms with van der Waals surface area (Å²) in [6, 6.07) is 15.7. The van der Waals surface area contributed by atoms with Crippen molar-refractivity contribution in [1.29, 1.82) is 0 Å². The Balaban J connectivity index is 1.56. The molecule has 1 saturated heterocycles. The van der Waals surface area contributed by atoms with Gasteiger partial charge in [-0.3, -0.25) is 0 Å². The van der Waals surface area contributed by atoms with Crippen molar-refractivity contribution in [3.8, 4) is 5.75 Å². The minimum atomic E-state index is -3.50. The van der Waals surface area contributed by atoms with E-state index in [4.69, 9.17) is 4.74 Å². The van der Waals surface area contributed by atoms with Crippen LogP contribution in [0.1, 0.15) is 24.0 Å². The van der Waals surface area contributed by atoms with Crippen molar-refractivity contribution in [1.82, 2.24) is 13.6 Å². The molecule has 29 heavy (non-hydrogen) atoms. The molecule has 0 bridgehead atoms. The van der Waals surface area contributed by atoms with Crippen molar-refractivity contribution in [3.05, 3.63) is 65.9 Å². The highest BCUT2D eigenvalue weighted by molar-refractivity contribution is 7.86. The van der Waals surface area contributed by atoms with Crippen LogP contribution in [0.2, 0.25) is 0 Å². The molecule has 1 aromatic heterocycles. The Morgan fingerprint density at radius 2 is 1.79 bits per heavy atom. The zero-order valence-corrected chi connectivity index (χ0v) is 17.5. The van der Waals surface area contributed by atoms with Crippen LogP contribution in [0, 0.1) is 0 Å². The summed E-state index contributed by atoms with van der Waals surface area (Å²) in [5.74, 6) is 0.765. The molecule has 0 radical (unpaired) electrons. The van der Waals surface area contributed by atoms with E-state index in [9.17, 15) is 8.42 Å². The molecule has 1 fully saturated rings. The van der Waals surface area contributed by atoms with Gasteiger partial charge in [0.1, 0.15) is 5.75 Å². The van der Waals surface area contributed by atoms with Crippen LogP contribution >= 0.6 is 0 Å².